The van der Waals surface area contributed by atoms with Crippen molar-refractivity contribution < 1.29 is 9.90 Å². The van der Waals surface area contributed by atoms with Crippen LogP contribution in [0.1, 0.15) is 12.8 Å². The van der Waals surface area contributed by atoms with Gasteiger partial charge in [-0.3, -0.25) is 0 Å². The van der Waals surface area contributed by atoms with Crippen molar-refractivity contribution in [3.8, 4) is 0 Å². The molecule has 0 radical (unpaired) electrons. The number of benzene rings is 2. The van der Waals surface area contributed by atoms with E-state index in [1.807, 2.05) is 61.5 Å². The maximum Gasteiger partial charge on any atom is 0.321 e. The quantitative estimate of drug-likeness (QED) is 0.899. The number of amides is 2. The normalized spacial score (nSPS) is 20.9. The molecule has 0 unspecified atom stereocenters. The first-order valence-electron chi connectivity index (χ1n) is 8.82. The van der Waals surface area contributed by atoms with E-state index in [-0.39, 0.29) is 18.1 Å². The third-order valence-electron chi connectivity index (χ3n) is 4.97. The highest BCUT2D eigenvalue weighted by Gasteiger charge is 2.37. The molecule has 1 saturated heterocycles. The first-order chi connectivity index (χ1) is 12.0. The van der Waals surface area contributed by atoms with Crippen LogP contribution in [0.15, 0.2) is 42.5 Å². The van der Waals surface area contributed by atoms with Crippen molar-refractivity contribution in [1.82, 2.24) is 9.80 Å². The lowest BCUT2D eigenvalue weighted by Crippen LogP contribution is -2.52. The minimum atomic E-state index is -0.238. The average Bonchev–Trinajstić information content (AvgIpc) is 2.61. The van der Waals surface area contributed by atoms with Crippen LogP contribution in [-0.2, 0) is 0 Å². The number of aliphatic hydroxyl groups is 1. The molecule has 0 bridgehead atoms. The topological polar surface area (TPSA) is 55.8 Å². The molecule has 134 valence electrons. The van der Waals surface area contributed by atoms with Gasteiger partial charge in [-0.2, -0.15) is 0 Å². The van der Waals surface area contributed by atoms with Gasteiger partial charge in [0.25, 0.3) is 0 Å². The largest absolute Gasteiger partial charge is 0.396 e. The highest BCUT2D eigenvalue weighted by molar-refractivity contribution is 6.01. The first kappa shape index (κ1) is 17.7. The second-order valence-corrected chi connectivity index (χ2v) is 7.38. The Hall–Kier alpha value is -2.11. The lowest BCUT2D eigenvalue weighted by molar-refractivity contribution is 0.0294. The smallest absolute Gasteiger partial charge is 0.321 e. The third kappa shape index (κ3) is 3.94. The maximum absolute atomic E-state index is 12.8. The van der Waals surface area contributed by atoms with Crippen molar-refractivity contribution in [1.29, 1.82) is 0 Å². The Morgan fingerprint density at radius 2 is 2.00 bits per heavy atom. The van der Waals surface area contributed by atoms with Crippen LogP contribution in [0.4, 0.5) is 10.5 Å². The molecule has 2 aromatic rings. The Balaban J connectivity index is 1.76. The van der Waals surface area contributed by atoms with Gasteiger partial charge in [-0.15, -0.1) is 0 Å². The van der Waals surface area contributed by atoms with Crippen LogP contribution < -0.4 is 5.32 Å². The molecular formula is C20H27N3O2. The number of aliphatic hydroxyl groups excluding tert-OH is 1. The fourth-order valence-electron chi connectivity index (χ4n) is 3.89. The van der Waals surface area contributed by atoms with Crippen LogP contribution in [0.2, 0.25) is 0 Å². The van der Waals surface area contributed by atoms with Crippen LogP contribution in [0.25, 0.3) is 10.8 Å². The van der Waals surface area contributed by atoms with E-state index in [1.165, 1.54) is 0 Å². The fourth-order valence-corrected chi connectivity index (χ4v) is 3.89. The van der Waals surface area contributed by atoms with Crippen molar-refractivity contribution in [3.05, 3.63) is 42.5 Å². The van der Waals surface area contributed by atoms with Gasteiger partial charge in [0.15, 0.2) is 0 Å². The lowest BCUT2D eigenvalue weighted by atomic mass is 9.80. The zero-order chi connectivity index (χ0) is 17.9. The number of fused-ring (bicyclic) bond motifs is 1. The van der Waals surface area contributed by atoms with E-state index in [9.17, 15) is 9.90 Å². The van der Waals surface area contributed by atoms with Crippen molar-refractivity contribution in [3.63, 3.8) is 0 Å². The molecule has 1 atom stereocenters. The highest BCUT2D eigenvalue weighted by atomic mass is 16.3. The SMILES string of the molecule is CN(C)C[C@]1(CO)CCCN(C(=O)Nc2cccc3ccccc23)C1. The summed E-state index contributed by atoms with van der Waals surface area (Å²) in [6.07, 6.45) is 1.86. The van der Waals surface area contributed by atoms with Crippen molar-refractivity contribution >= 4 is 22.5 Å². The predicted octanol–water partition coefficient (Wildman–Crippen LogP) is 3.01. The Labute approximate surface area is 149 Å². The lowest BCUT2D eigenvalue weighted by Gasteiger charge is -2.43. The summed E-state index contributed by atoms with van der Waals surface area (Å²) in [5.41, 5.74) is 0.591. The van der Waals surface area contributed by atoms with E-state index in [0.29, 0.717) is 6.54 Å². The first-order valence-corrected chi connectivity index (χ1v) is 8.82. The van der Waals surface area contributed by atoms with Crippen LogP contribution in [0.3, 0.4) is 0 Å². The van der Waals surface area contributed by atoms with E-state index in [2.05, 4.69) is 10.2 Å². The number of urea groups is 1. The summed E-state index contributed by atoms with van der Waals surface area (Å²) in [6.45, 7) is 2.19. The number of carbonyl (C=O) groups is 1. The van der Waals surface area contributed by atoms with E-state index in [4.69, 9.17) is 0 Å². The van der Waals surface area contributed by atoms with Crippen molar-refractivity contribution in [2.75, 3.05) is 45.7 Å². The number of likely N-dealkylation sites (tertiary alicyclic amines) is 1. The van der Waals surface area contributed by atoms with Crippen LogP contribution in [-0.4, -0.2) is 61.3 Å². The maximum atomic E-state index is 12.8. The standard InChI is InChI=1S/C20H27N3O2/c1-22(2)13-20(15-24)11-6-12-23(14-20)19(25)21-18-10-5-8-16-7-3-4-9-17(16)18/h3-5,7-10,24H,6,11-15H2,1-2H3,(H,21,25)/t20-/m1/s1. The Morgan fingerprint density at radius 1 is 1.24 bits per heavy atom. The zero-order valence-corrected chi connectivity index (χ0v) is 15.0. The van der Waals surface area contributed by atoms with Crippen molar-refractivity contribution in [2.45, 2.75) is 12.8 Å². The van der Waals surface area contributed by atoms with Crippen LogP contribution in [0, 0.1) is 5.41 Å². The molecule has 2 aromatic carbocycles. The monoisotopic (exact) mass is 341 g/mol. The molecule has 1 heterocycles. The number of nitrogens with zero attached hydrogens (tertiary/aromatic N) is 2. The molecule has 0 aromatic heterocycles. The van der Waals surface area contributed by atoms with Gasteiger partial charge in [0.2, 0.25) is 0 Å². The van der Waals surface area contributed by atoms with E-state index in [0.717, 1.165) is 42.4 Å². The number of hydrogen-bond donors (Lipinski definition) is 2. The minimum absolute atomic E-state index is 0.0902. The predicted molar refractivity (Wildman–Crippen MR) is 102 cm³/mol. The van der Waals surface area contributed by atoms with Gasteiger partial charge in [0.05, 0.1) is 12.3 Å². The Bertz CT molecular complexity index is 741. The molecule has 0 aliphatic carbocycles. The second-order valence-electron chi connectivity index (χ2n) is 7.38. The summed E-state index contributed by atoms with van der Waals surface area (Å²) in [5.74, 6) is 0. The summed E-state index contributed by atoms with van der Waals surface area (Å²) >= 11 is 0. The fraction of sp³-hybridized carbons (Fsp3) is 0.450. The number of anilines is 1. The van der Waals surface area contributed by atoms with Gasteiger partial charge in [0.1, 0.15) is 0 Å². The summed E-state index contributed by atoms with van der Waals surface area (Å²) < 4.78 is 0. The van der Waals surface area contributed by atoms with Gasteiger partial charge >= 0.3 is 6.03 Å². The number of nitrogens with one attached hydrogen (secondary N) is 1. The van der Waals surface area contributed by atoms with Gasteiger partial charge in [-0.1, -0.05) is 36.4 Å². The summed E-state index contributed by atoms with van der Waals surface area (Å²) in [7, 11) is 4.01. The van der Waals surface area contributed by atoms with Crippen LogP contribution >= 0.6 is 0 Å². The summed E-state index contributed by atoms with van der Waals surface area (Å²) in [5, 5.41) is 15.1. The molecule has 1 aliphatic rings. The van der Waals surface area contributed by atoms with Gasteiger partial charge in [-0.05, 0) is 38.4 Å². The second kappa shape index (κ2) is 7.42. The molecule has 1 aliphatic heterocycles. The number of rotatable bonds is 4. The molecule has 0 saturated carbocycles. The average molecular weight is 341 g/mol. The molecule has 5 heteroatoms. The third-order valence-corrected chi connectivity index (χ3v) is 4.97. The molecule has 25 heavy (non-hydrogen) atoms. The van der Waals surface area contributed by atoms with Gasteiger partial charge in [-0.25, -0.2) is 4.79 Å². The zero-order valence-electron chi connectivity index (χ0n) is 15.0. The molecule has 2 N–H and O–H groups in total. The van der Waals surface area contributed by atoms with E-state index in [1.54, 1.807) is 0 Å². The number of piperidine rings is 1. The molecule has 2 amide bonds. The van der Waals surface area contributed by atoms with Gasteiger partial charge < -0.3 is 20.2 Å². The van der Waals surface area contributed by atoms with E-state index >= 15 is 0 Å². The number of carbonyl (C=O) groups excluding carboxylic acids is 1. The van der Waals surface area contributed by atoms with E-state index < -0.39 is 0 Å². The minimum Gasteiger partial charge on any atom is -0.396 e. The molecular weight excluding hydrogens is 314 g/mol. The van der Waals surface area contributed by atoms with Gasteiger partial charge in [0, 0.05) is 30.4 Å². The molecule has 5 nitrogen and oxygen atoms in total. The summed E-state index contributed by atoms with van der Waals surface area (Å²) in [6, 6.07) is 13.9. The molecule has 0 spiro atoms. The Kier molecular flexibility index (Phi) is 5.25. The highest BCUT2D eigenvalue weighted by Crippen LogP contribution is 2.31. The number of hydrogen-bond acceptors (Lipinski definition) is 3. The van der Waals surface area contributed by atoms with Crippen molar-refractivity contribution in [2.24, 2.45) is 5.41 Å². The molecule has 1 fully saturated rings. The molecule has 3 rings (SSSR count). The Morgan fingerprint density at radius 3 is 2.76 bits per heavy atom. The van der Waals surface area contributed by atoms with Crippen LogP contribution in [0.5, 0.6) is 0 Å². The summed E-state index contributed by atoms with van der Waals surface area (Å²) in [4.78, 5) is 16.7.